The van der Waals surface area contributed by atoms with Crippen LogP contribution in [0.25, 0.3) is 0 Å². The van der Waals surface area contributed by atoms with E-state index in [-0.39, 0.29) is 11.5 Å². The molecule has 0 aliphatic heterocycles. The molecule has 0 saturated carbocycles. The number of nitrogens with one attached hydrogen (secondary N) is 2. The quantitative estimate of drug-likeness (QED) is 0.307. The number of guanidine groups is 1. The Bertz CT molecular complexity index is 559. The fourth-order valence-corrected chi connectivity index (χ4v) is 2.16. The van der Waals surface area contributed by atoms with Gasteiger partial charge in [0.2, 0.25) is 0 Å². The van der Waals surface area contributed by atoms with Crippen molar-refractivity contribution < 1.29 is 27.7 Å². The number of methoxy groups -OCH3 is 1. The molecule has 154 valence electrons. The highest BCUT2D eigenvalue weighted by molar-refractivity contribution is 5.79. The van der Waals surface area contributed by atoms with Crippen molar-refractivity contribution in [3.63, 3.8) is 0 Å². The van der Waals surface area contributed by atoms with E-state index in [0.717, 1.165) is 12.0 Å². The minimum Gasteiger partial charge on any atom is -0.490 e. The zero-order chi connectivity index (χ0) is 19.9. The van der Waals surface area contributed by atoms with Crippen LogP contribution in [0.4, 0.5) is 8.78 Å². The largest absolute Gasteiger partial charge is 0.490 e. The third-order valence-electron chi connectivity index (χ3n) is 3.40. The maximum Gasteiger partial charge on any atom is 0.387 e. The van der Waals surface area contributed by atoms with Crippen molar-refractivity contribution >= 4 is 5.96 Å². The molecule has 1 aromatic rings. The number of aliphatic imine (C=N–C) groups is 1. The maximum absolute atomic E-state index is 12.4. The summed E-state index contributed by atoms with van der Waals surface area (Å²) in [6, 6.07) is 4.84. The highest BCUT2D eigenvalue weighted by Gasteiger charge is 2.11. The number of hydrogen-bond donors (Lipinski definition) is 2. The molecule has 27 heavy (non-hydrogen) atoms. The molecule has 0 heterocycles. The molecule has 0 radical (unpaired) electrons. The van der Waals surface area contributed by atoms with Crippen LogP contribution in [0, 0.1) is 0 Å². The average Bonchev–Trinajstić information content (AvgIpc) is 2.65. The van der Waals surface area contributed by atoms with Gasteiger partial charge in [0.1, 0.15) is 0 Å². The average molecular weight is 389 g/mol. The first kappa shape index (κ1) is 22.9. The first-order valence-corrected chi connectivity index (χ1v) is 8.82. The molecule has 0 bridgehead atoms. The predicted molar refractivity (Wildman–Crippen MR) is 99.8 cm³/mol. The van der Waals surface area contributed by atoms with E-state index >= 15 is 0 Å². The lowest BCUT2D eigenvalue weighted by Crippen LogP contribution is -2.37. The van der Waals surface area contributed by atoms with E-state index < -0.39 is 6.61 Å². The van der Waals surface area contributed by atoms with Gasteiger partial charge in [-0.3, -0.25) is 4.99 Å². The minimum atomic E-state index is -2.89. The lowest BCUT2D eigenvalue weighted by molar-refractivity contribution is -0.0514. The minimum absolute atomic E-state index is 0.0200. The van der Waals surface area contributed by atoms with Crippen molar-refractivity contribution in [1.82, 2.24) is 10.6 Å². The molecule has 0 aliphatic rings. The molecule has 1 aromatic carbocycles. The predicted octanol–water partition coefficient (Wildman–Crippen LogP) is 2.40. The molecule has 7 nitrogen and oxygen atoms in total. The lowest BCUT2D eigenvalue weighted by Gasteiger charge is -2.15. The number of nitrogens with zero attached hydrogens (tertiary/aromatic N) is 1. The SMILES string of the molecule is CCOc1cc(CNC(=NC)NCCCOCCOC)ccc1OC(F)F. The van der Waals surface area contributed by atoms with Crippen LogP contribution >= 0.6 is 0 Å². The molecule has 0 unspecified atom stereocenters. The van der Waals surface area contributed by atoms with Gasteiger partial charge in [-0.25, -0.2) is 0 Å². The molecule has 9 heteroatoms. The molecule has 0 amide bonds. The Labute approximate surface area is 159 Å². The summed E-state index contributed by atoms with van der Waals surface area (Å²) in [4.78, 5) is 4.14. The zero-order valence-electron chi connectivity index (χ0n) is 16.1. The monoisotopic (exact) mass is 389 g/mol. The Kier molecular flexibility index (Phi) is 11.9. The molecular weight excluding hydrogens is 360 g/mol. The lowest BCUT2D eigenvalue weighted by atomic mass is 10.2. The number of halogens is 2. The van der Waals surface area contributed by atoms with Gasteiger partial charge in [-0.1, -0.05) is 6.07 Å². The van der Waals surface area contributed by atoms with Crippen molar-refractivity contribution in [2.45, 2.75) is 26.5 Å². The molecule has 1 rings (SSSR count). The normalized spacial score (nSPS) is 11.6. The zero-order valence-corrected chi connectivity index (χ0v) is 16.1. The second-order valence-electron chi connectivity index (χ2n) is 5.40. The summed E-state index contributed by atoms with van der Waals surface area (Å²) < 4.78 is 45.0. The Balaban J connectivity index is 2.44. The molecule has 0 atom stereocenters. The molecule has 0 spiro atoms. The first-order chi connectivity index (χ1) is 13.1. The second kappa shape index (κ2) is 14.0. The van der Waals surface area contributed by atoms with Crippen LogP contribution in [0.15, 0.2) is 23.2 Å². The molecule has 0 saturated heterocycles. The summed E-state index contributed by atoms with van der Waals surface area (Å²) in [6.45, 7) is 2.20. The van der Waals surface area contributed by atoms with Crippen LogP contribution in [-0.2, 0) is 16.0 Å². The van der Waals surface area contributed by atoms with Gasteiger partial charge in [0, 0.05) is 33.9 Å². The Morgan fingerprint density at radius 3 is 2.63 bits per heavy atom. The molecule has 2 N–H and O–H groups in total. The smallest absolute Gasteiger partial charge is 0.387 e. The van der Waals surface area contributed by atoms with Crippen LogP contribution < -0.4 is 20.1 Å². The fourth-order valence-electron chi connectivity index (χ4n) is 2.16. The van der Waals surface area contributed by atoms with Crippen molar-refractivity contribution in [2.24, 2.45) is 4.99 Å². The highest BCUT2D eigenvalue weighted by Crippen LogP contribution is 2.29. The molecule has 0 fully saturated rings. The molecule has 0 aromatic heterocycles. The standard InChI is InChI=1S/C18H29F2N3O4/c1-4-26-16-12-14(6-7-15(16)27-17(19)20)13-23-18(21-2)22-8-5-9-25-11-10-24-3/h6-7,12,17H,4-5,8-11,13H2,1-3H3,(H2,21,22,23). The van der Waals surface area contributed by atoms with Gasteiger partial charge in [-0.2, -0.15) is 8.78 Å². The Morgan fingerprint density at radius 2 is 1.96 bits per heavy atom. The number of hydrogen-bond acceptors (Lipinski definition) is 5. The summed E-state index contributed by atoms with van der Waals surface area (Å²) >= 11 is 0. The highest BCUT2D eigenvalue weighted by atomic mass is 19.3. The van der Waals surface area contributed by atoms with Gasteiger partial charge < -0.3 is 29.6 Å². The van der Waals surface area contributed by atoms with Crippen LogP contribution in [-0.4, -0.2) is 59.7 Å². The van der Waals surface area contributed by atoms with E-state index in [4.69, 9.17) is 14.2 Å². The summed E-state index contributed by atoms with van der Waals surface area (Å²) in [7, 11) is 3.31. The number of ether oxygens (including phenoxy) is 4. The summed E-state index contributed by atoms with van der Waals surface area (Å²) in [5, 5.41) is 6.34. The number of alkyl halides is 2. The summed E-state index contributed by atoms with van der Waals surface area (Å²) in [5.74, 6) is 0.942. The van der Waals surface area contributed by atoms with Gasteiger partial charge >= 0.3 is 6.61 Å². The third kappa shape index (κ3) is 9.95. The van der Waals surface area contributed by atoms with Gasteiger partial charge in [-0.05, 0) is 31.0 Å². The van der Waals surface area contributed by atoms with Crippen LogP contribution in [0.2, 0.25) is 0 Å². The van der Waals surface area contributed by atoms with E-state index in [0.29, 0.717) is 45.5 Å². The number of rotatable bonds is 13. The van der Waals surface area contributed by atoms with Gasteiger partial charge in [-0.15, -0.1) is 0 Å². The van der Waals surface area contributed by atoms with Crippen molar-refractivity contribution in [3.05, 3.63) is 23.8 Å². The van der Waals surface area contributed by atoms with Gasteiger partial charge in [0.15, 0.2) is 17.5 Å². The van der Waals surface area contributed by atoms with Gasteiger partial charge in [0.05, 0.1) is 19.8 Å². The van der Waals surface area contributed by atoms with E-state index in [2.05, 4.69) is 20.4 Å². The molecular formula is C18H29F2N3O4. The molecule has 0 aliphatic carbocycles. The fraction of sp³-hybridized carbons (Fsp3) is 0.611. The van der Waals surface area contributed by atoms with Crippen molar-refractivity contribution in [2.75, 3.05) is 47.1 Å². The van der Waals surface area contributed by atoms with Crippen molar-refractivity contribution in [3.8, 4) is 11.5 Å². The van der Waals surface area contributed by atoms with E-state index in [9.17, 15) is 8.78 Å². The van der Waals surface area contributed by atoms with E-state index in [1.54, 1.807) is 33.2 Å². The van der Waals surface area contributed by atoms with Crippen LogP contribution in [0.5, 0.6) is 11.5 Å². The third-order valence-corrected chi connectivity index (χ3v) is 3.40. The Hall–Kier alpha value is -2.13. The van der Waals surface area contributed by atoms with E-state index in [1.807, 2.05) is 0 Å². The second-order valence-corrected chi connectivity index (χ2v) is 5.40. The maximum atomic E-state index is 12.4. The first-order valence-electron chi connectivity index (χ1n) is 8.82. The van der Waals surface area contributed by atoms with Crippen molar-refractivity contribution in [1.29, 1.82) is 0 Å². The summed E-state index contributed by atoms with van der Waals surface area (Å²) in [5.41, 5.74) is 0.853. The topological polar surface area (TPSA) is 73.3 Å². The number of benzene rings is 1. The van der Waals surface area contributed by atoms with Crippen LogP contribution in [0.1, 0.15) is 18.9 Å². The summed E-state index contributed by atoms with van der Waals surface area (Å²) in [6.07, 6.45) is 0.832. The van der Waals surface area contributed by atoms with Crippen LogP contribution in [0.3, 0.4) is 0 Å². The van der Waals surface area contributed by atoms with Gasteiger partial charge in [0.25, 0.3) is 0 Å². The van der Waals surface area contributed by atoms with E-state index in [1.165, 1.54) is 6.07 Å². The Morgan fingerprint density at radius 1 is 1.15 bits per heavy atom.